The maximum atomic E-state index is 13.6. The Morgan fingerprint density at radius 2 is 1.93 bits per heavy atom. The molecule has 3 aromatic heterocycles. The van der Waals surface area contributed by atoms with E-state index in [2.05, 4.69) is 20.0 Å². The molecule has 2 unspecified atom stereocenters. The van der Waals surface area contributed by atoms with Gasteiger partial charge in [-0.25, -0.2) is 28.4 Å². The molecule has 0 amide bonds. The molecule has 150 valence electrons. The second-order valence-corrected chi connectivity index (χ2v) is 7.87. The van der Waals surface area contributed by atoms with Crippen molar-refractivity contribution in [2.75, 3.05) is 37.8 Å². The maximum absolute atomic E-state index is 13.6. The standard InChI is InChI=1S/C19H18F2N6O2/c20-10-1-15(21)19(23-2-10)29-9-14-12-5-26(6-13(12)14)17-4-22-16-3-24-27(18(16)25-17)11-7-28-8-11/h1-4,11-14H,5-9H2. The highest BCUT2D eigenvalue weighted by atomic mass is 19.1. The van der Waals surface area contributed by atoms with Crippen LogP contribution in [-0.4, -0.2) is 57.6 Å². The fraction of sp³-hybridized carbons (Fsp3) is 0.474. The lowest BCUT2D eigenvalue weighted by Crippen LogP contribution is -2.31. The topological polar surface area (TPSA) is 78.2 Å². The van der Waals surface area contributed by atoms with Crippen LogP contribution in [0.15, 0.2) is 24.7 Å². The minimum Gasteiger partial charge on any atom is -0.475 e. The molecule has 0 N–H and O–H groups in total. The lowest BCUT2D eigenvalue weighted by atomic mass is 10.2. The quantitative estimate of drug-likeness (QED) is 0.647. The second kappa shape index (κ2) is 6.31. The SMILES string of the molecule is Fc1cnc(OCC2C3CN(c4cnc5cnn(C6COC6)c5n4)CC23)c(F)c1. The van der Waals surface area contributed by atoms with Crippen molar-refractivity contribution in [2.24, 2.45) is 17.8 Å². The van der Waals surface area contributed by atoms with E-state index in [0.717, 1.165) is 42.3 Å². The molecule has 10 heteroatoms. The van der Waals surface area contributed by atoms with Crippen molar-refractivity contribution in [1.82, 2.24) is 24.7 Å². The fourth-order valence-electron chi connectivity index (χ4n) is 4.36. The van der Waals surface area contributed by atoms with Crippen LogP contribution < -0.4 is 9.64 Å². The first kappa shape index (κ1) is 17.0. The monoisotopic (exact) mass is 400 g/mol. The van der Waals surface area contributed by atoms with Crippen molar-refractivity contribution in [3.8, 4) is 5.88 Å². The lowest BCUT2D eigenvalue weighted by molar-refractivity contribution is -0.0269. The highest BCUT2D eigenvalue weighted by Crippen LogP contribution is 2.52. The molecule has 6 rings (SSSR count). The number of rotatable bonds is 5. The fourth-order valence-corrected chi connectivity index (χ4v) is 4.36. The molecular weight excluding hydrogens is 382 g/mol. The molecular formula is C19H18F2N6O2. The van der Waals surface area contributed by atoms with Gasteiger partial charge in [-0.1, -0.05) is 0 Å². The third kappa shape index (κ3) is 2.81. The summed E-state index contributed by atoms with van der Waals surface area (Å²) in [5, 5.41) is 4.40. The molecule has 1 aliphatic carbocycles. The van der Waals surface area contributed by atoms with Crippen LogP contribution in [0.5, 0.6) is 5.88 Å². The van der Waals surface area contributed by atoms with Gasteiger partial charge in [-0.3, -0.25) is 0 Å². The maximum Gasteiger partial charge on any atom is 0.250 e. The second-order valence-electron chi connectivity index (χ2n) is 7.87. The number of hydrogen-bond acceptors (Lipinski definition) is 7. The smallest absolute Gasteiger partial charge is 0.250 e. The summed E-state index contributed by atoms with van der Waals surface area (Å²) < 4.78 is 39.2. The summed E-state index contributed by atoms with van der Waals surface area (Å²) in [5.74, 6) is 0.525. The highest BCUT2D eigenvalue weighted by molar-refractivity contribution is 5.71. The number of nitrogens with zero attached hydrogens (tertiary/aromatic N) is 6. The molecule has 0 radical (unpaired) electrons. The summed E-state index contributed by atoms with van der Waals surface area (Å²) in [6, 6.07) is 1.01. The van der Waals surface area contributed by atoms with E-state index in [4.69, 9.17) is 14.5 Å². The Kier molecular flexibility index (Phi) is 3.70. The molecule has 0 bridgehead atoms. The Morgan fingerprint density at radius 3 is 2.66 bits per heavy atom. The zero-order valence-corrected chi connectivity index (χ0v) is 15.4. The van der Waals surface area contributed by atoms with Crippen molar-refractivity contribution >= 4 is 17.0 Å². The zero-order chi connectivity index (χ0) is 19.5. The van der Waals surface area contributed by atoms with Gasteiger partial charge in [0.1, 0.15) is 23.2 Å². The van der Waals surface area contributed by atoms with Crippen molar-refractivity contribution in [3.05, 3.63) is 36.3 Å². The van der Waals surface area contributed by atoms with Crippen molar-refractivity contribution in [2.45, 2.75) is 6.04 Å². The average molecular weight is 400 g/mol. The van der Waals surface area contributed by atoms with Crippen LogP contribution in [0, 0.1) is 29.4 Å². The van der Waals surface area contributed by atoms with Crippen LogP contribution in [0.3, 0.4) is 0 Å². The summed E-state index contributed by atoms with van der Waals surface area (Å²) in [7, 11) is 0. The Morgan fingerprint density at radius 1 is 1.10 bits per heavy atom. The minimum absolute atomic E-state index is 0.141. The van der Waals surface area contributed by atoms with E-state index in [9.17, 15) is 8.78 Å². The molecule has 3 fully saturated rings. The molecule has 3 aromatic rings. The van der Waals surface area contributed by atoms with E-state index in [1.54, 1.807) is 12.4 Å². The van der Waals surface area contributed by atoms with Gasteiger partial charge in [-0.15, -0.1) is 0 Å². The summed E-state index contributed by atoms with van der Waals surface area (Å²) in [4.78, 5) is 15.2. The van der Waals surface area contributed by atoms with Gasteiger partial charge in [0.15, 0.2) is 11.5 Å². The molecule has 2 atom stereocenters. The van der Waals surface area contributed by atoms with Crippen LogP contribution in [0.2, 0.25) is 0 Å². The van der Waals surface area contributed by atoms with Crippen molar-refractivity contribution in [1.29, 1.82) is 0 Å². The largest absolute Gasteiger partial charge is 0.475 e. The van der Waals surface area contributed by atoms with Gasteiger partial charge in [0, 0.05) is 25.1 Å². The van der Waals surface area contributed by atoms with Gasteiger partial charge in [0.2, 0.25) is 0 Å². The summed E-state index contributed by atoms with van der Waals surface area (Å²) in [6.07, 6.45) is 4.49. The summed E-state index contributed by atoms with van der Waals surface area (Å²) in [6.45, 7) is 3.42. The van der Waals surface area contributed by atoms with E-state index in [-0.39, 0.29) is 11.9 Å². The van der Waals surface area contributed by atoms with Gasteiger partial charge in [-0.05, 0) is 11.8 Å². The van der Waals surface area contributed by atoms with E-state index >= 15 is 0 Å². The number of fused-ring (bicyclic) bond motifs is 2. The first-order valence-corrected chi connectivity index (χ1v) is 9.64. The summed E-state index contributed by atoms with van der Waals surface area (Å²) in [5.41, 5.74) is 1.57. The zero-order valence-electron chi connectivity index (χ0n) is 15.4. The Hall–Kier alpha value is -2.88. The van der Waals surface area contributed by atoms with E-state index < -0.39 is 11.6 Å². The molecule has 0 spiro atoms. The van der Waals surface area contributed by atoms with E-state index in [1.807, 2.05) is 4.68 Å². The summed E-state index contributed by atoms with van der Waals surface area (Å²) >= 11 is 0. The first-order chi connectivity index (χ1) is 14.2. The molecule has 1 saturated carbocycles. The number of halogens is 2. The predicted octanol–water partition coefficient (Wildman–Crippen LogP) is 1.83. The number of pyridine rings is 1. The molecule has 8 nitrogen and oxygen atoms in total. The van der Waals surface area contributed by atoms with Crippen LogP contribution in [0.4, 0.5) is 14.6 Å². The Labute approximate surface area is 164 Å². The van der Waals surface area contributed by atoms with E-state index in [0.29, 0.717) is 37.6 Å². The van der Waals surface area contributed by atoms with Crippen molar-refractivity contribution in [3.63, 3.8) is 0 Å². The van der Waals surface area contributed by atoms with Crippen LogP contribution >= 0.6 is 0 Å². The number of aromatic nitrogens is 5. The molecule has 3 aliphatic rings. The molecule has 0 aromatic carbocycles. The molecule has 5 heterocycles. The van der Waals surface area contributed by atoms with Crippen LogP contribution in [-0.2, 0) is 4.74 Å². The number of anilines is 1. The molecule has 2 aliphatic heterocycles. The van der Waals surface area contributed by atoms with Gasteiger partial charge in [0.25, 0.3) is 5.88 Å². The number of hydrogen-bond donors (Lipinski definition) is 0. The minimum atomic E-state index is -0.769. The molecule has 29 heavy (non-hydrogen) atoms. The van der Waals surface area contributed by atoms with Gasteiger partial charge < -0.3 is 14.4 Å². The van der Waals surface area contributed by atoms with Gasteiger partial charge >= 0.3 is 0 Å². The highest BCUT2D eigenvalue weighted by Gasteiger charge is 2.56. The molecule has 2 saturated heterocycles. The van der Waals surface area contributed by atoms with Crippen LogP contribution in [0.1, 0.15) is 6.04 Å². The Bertz CT molecular complexity index is 1080. The first-order valence-electron chi connectivity index (χ1n) is 9.64. The average Bonchev–Trinajstić information content (AvgIpc) is 3.02. The lowest BCUT2D eigenvalue weighted by Gasteiger charge is -2.26. The normalized spacial score (nSPS) is 25.9. The third-order valence-corrected chi connectivity index (χ3v) is 6.14. The number of ether oxygens (including phenoxy) is 2. The van der Waals surface area contributed by atoms with Gasteiger partial charge in [0.05, 0.1) is 38.4 Å². The predicted molar refractivity (Wildman–Crippen MR) is 97.5 cm³/mol. The van der Waals surface area contributed by atoms with Gasteiger partial charge in [-0.2, -0.15) is 5.10 Å². The van der Waals surface area contributed by atoms with E-state index in [1.165, 1.54) is 0 Å². The van der Waals surface area contributed by atoms with Crippen LogP contribution in [0.25, 0.3) is 11.2 Å². The third-order valence-electron chi connectivity index (χ3n) is 6.14. The Balaban J connectivity index is 1.11. The number of piperidine rings is 1. The van der Waals surface area contributed by atoms with Crippen molar-refractivity contribution < 1.29 is 18.3 Å².